The van der Waals surface area contributed by atoms with Crippen LogP contribution in [-0.4, -0.2) is 59.6 Å². The predicted molar refractivity (Wildman–Crippen MR) is 206 cm³/mol. The molecule has 2 N–H and O–H groups in total. The number of aromatic amines is 1. The van der Waals surface area contributed by atoms with Gasteiger partial charge in [0.15, 0.2) is 0 Å². The van der Waals surface area contributed by atoms with Crippen molar-refractivity contribution in [1.29, 1.82) is 0 Å². The van der Waals surface area contributed by atoms with Crippen molar-refractivity contribution < 1.29 is 14.3 Å². The normalized spacial score (nSPS) is 17.3. The number of pyridine rings is 1. The molecule has 2 saturated heterocycles. The summed E-state index contributed by atoms with van der Waals surface area (Å²) in [7, 11) is 0. The monoisotopic (exact) mass is 706 g/mol. The van der Waals surface area contributed by atoms with E-state index < -0.39 is 0 Å². The number of thiophene rings is 1. The van der Waals surface area contributed by atoms with Gasteiger partial charge in [0.05, 0.1) is 27.2 Å². The lowest BCUT2D eigenvalue weighted by Gasteiger charge is -2.53. The van der Waals surface area contributed by atoms with Crippen LogP contribution in [0.5, 0.6) is 0 Å². The van der Waals surface area contributed by atoms with E-state index in [2.05, 4.69) is 33.4 Å². The first-order chi connectivity index (χ1) is 25.5. The van der Waals surface area contributed by atoms with Crippen LogP contribution in [0.1, 0.15) is 56.1 Å². The number of benzene rings is 3. The Hall–Kier alpha value is -5.32. The van der Waals surface area contributed by atoms with E-state index in [0.717, 1.165) is 115 Å². The second-order valence-corrected chi connectivity index (χ2v) is 15.7. The fraction of sp³-hybridized carbons (Fsp3) is 0.286. The number of amides is 2. The molecule has 6 heterocycles. The van der Waals surface area contributed by atoms with Crippen LogP contribution in [-0.2, 0) is 24.0 Å². The standard InChI is InChI=1S/C42H38N6O3S/c49-40(31-22-27-6-5-10-32(27)46-39(31)47-24-42(25-47)17-20-51-21-18-42)43-28-14-12-26(13-15-28)41(50)48-19-16-36-30(29-7-1-4-11-35(29)48)23-37(52-36)38-44-33-8-2-3-9-34(33)45-38/h1-4,7-9,11-15,22-23H,5-6,10,16-21,24-25H2,(H,43,49)(H,44,45). The number of aromatic nitrogens is 3. The van der Waals surface area contributed by atoms with Crippen LogP contribution in [0.2, 0.25) is 0 Å². The molecule has 0 radical (unpaired) electrons. The highest BCUT2D eigenvalue weighted by Crippen LogP contribution is 2.45. The summed E-state index contributed by atoms with van der Waals surface area (Å²) in [6, 6.07) is 27.7. The second-order valence-electron chi connectivity index (χ2n) is 14.6. The highest BCUT2D eigenvalue weighted by atomic mass is 32.1. The van der Waals surface area contributed by atoms with Gasteiger partial charge >= 0.3 is 0 Å². The number of rotatable bonds is 5. The van der Waals surface area contributed by atoms with Crippen molar-refractivity contribution in [2.75, 3.05) is 48.0 Å². The third-order valence-corrected chi connectivity index (χ3v) is 12.5. The molecule has 0 atom stereocenters. The smallest absolute Gasteiger partial charge is 0.259 e. The number of H-pyrrole nitrogens is 1. The Bertz CT molecular complexity index is 2330. The number of nitrogens with zero attached hydrogens (tertiary/aromatic N) is 4. The Morgan fingerprint density at radius 1 is 0.865 bits per heavy atom. The minimum absolute atomic E-state index is 0.0667. The van der Waals surface area contributed by atoms with Crippen molar-refractivity contribution in [3.05, 3.63) is 112 Å². The van der Waals surface area contributed by atoms with Crippen LogP contribution in [0, 0.1) is 5.41 Å². The molecule has 0 saturated carbocycles. The van der Waals surface area contributed by atoms with E-state index in [0.29, 0.717) is 23.4 Å². The minimum Gasteiger partial charge on any atom is -0.381 e. The summed E-state index contributed by atoms with van der Waals surface area (Å²) in [5.41, 5.74) is 9.45. The van der Waals surface area contributed by atoms with Crippen molar-refractivity contribution in [2.45, 2.75) is 38.5 Å². The van der Waals surface area contributed by atoms with Gasteiger partial charge in [0.2, 0.25) is 0 Å². The predicted octanol–water partition coefficient (Wildman–Crippen LogP) is 7.91. The van der Waals surface area contributed by atoms with Crippen molar-refractivity contribution in [3.8, 4) is 21.8 Å². The first-order valence-corrected chi connectivity index (χ1v) is 19.1. The molecule has 3 aromatic carbocycles. The van der Waals surface area contributed by atoms with Gasteiger partial charge in [-0.3, -0.25) is 9.59 Å². The minimum atomic E-state index is -0.168. The number of nitrogens with one attached hydrogen (secondary N) is 2. The Balaban J connectivity index is 0.878. The van der Waals surface area contributed by atoms with Gasteiger partial charge in [0, 0.05) is 72.1 Å². The van der Waals surface area contributed by atoms with E-state index in [1.54, 1.807) is 11.3 Å². The van der Waals surface area contributed by atoms with Crippen LogP contribution in [0.15, 0.2) is 84.9 Å². The van der Waals surface area contributed by atoms with Crippen molar-refractivity contribution in [2.24, 2.45) is 5.41 Å². The molecule has 10 heteroatoms. The maximum Gasteiger partial charge on any atom is 0.259 e. The summed E-state index contributed by atoms with van der Waals surface area (Å²) in [5, 5.41) is 3.11. The molecule has 52 heavy (non-hydrogen) atoms. The van der Waals surface area contributed by atoms with Gasteiger partial charge in [0.25, 0.3) is 11.8 Å². The van der Waals surface area contributed by atoms with Gasteiger partial charge in [-0.05, 0) is 97.8 Å². The Morgan fingerprint density at radius 2 is 1.67 bits per heavy atom. The van der Waals surface area contributed by atoms with E-state index in [1.165, 1.54) is 10.4 Å². The number of fused-ring (bicyclic) bond motifs is 5. The van der Waals surface area contributed by atoms with Crippen LogP contribution in [0.25, 0.3) is 32.9 Å². The average Bonchev–Trinajstić information content (AvgIpc) is 3.91. The van der Waals surface area contributed by atoms with E-state index in [1.807, 2.05) is 71.6 Å². The molecule has 3 aliphatic heterocycles. The molecule has 0 unspecified atom stereocenters. The summed E-state index contributed by atoms with van der Waals surface area (Å²) in [4.78, 5) is 47.8. The lowest BCUT2D eigenvalue weighted by Crippen LogP contribution is -2.59. The van der Waals surface area contributed by atoms with E-state index in [-0.39, 0.29) is 17.2 Å². The topological polar surface area (TPSA) is 103 Å². The summed E-state index contributed by atoms with van der Waals surface area (Å²) < 4.78 is 5.62. The van der Waals surface area contributed by atoms with Crippen LogP contribution >= 0.6 is 11.3 Å². The Morgan fingerprint density at radius 3 is 2.52 bits per heavy atom. The fourth-order valence-corrected chi connectivity index (χ4v) is 9.57. The molecular weight excluding hydrogens is 669 g/mol. The van der Waals surface area contributed by atoms with E-state index in [4.69, 9.17) is 14.7 Å². The van der Waals surface area contributed by atoms with Gasteiger partial charge < -0.3 is 24.8 Å². The number of para-hydroxylation sites is 3. The third-order valence-electron chi connectivity index (χ3n) is 11.3. The molecule has 1 aliphatic carbocycles. The molecule has 9 nitrogen and oxygen atoms in total. The maximum absolute atomic E-state index is 14.1. The Kier molecular flexibility index (Phi) is 7.51. The average molecular weight is 707 g/mol. The zero-order valence-electron chi connectivity index (χ0n) is 28.8. The second kappa shape index (κ2) is 12.4. The molecule has 10 rings (SSSR count). The van der Waals surface area contributed by atoms with Crippen LogP contribution in [0.4, 0.5) is 17.2 Å². The van der Waals surface area contributed by atoms with Crippen molar-refractivity contribution >= 4 is 51.4 Å². The number of anilines is 3. The lowest BCUT2D eigenvalue weighted by molar-refractivity contribution is -0.000519. The molecule has 0 bridgehead atoms. The maximum atomic E-state index is 14.1. The zero-order chi connectivity index (χ0) is 34.8. The SMILES string of the molecule is O=C(Nc1ccc(C(=O)N2CCc3sc(-c4nc5ccccc5[nH]4)cc3-c3ccccc32)cc1)c1cc2c(nc1N1CC3(CCOCC3)C1)CCC2. The number of hydrogen-bond acceptors (Lipinski definition) is 7. The number of imidazole rings is 1. The van der Waals surface area contributed by atoms with E-state index in [9.17, 15) is 9.59 Å². The largest absolute Gasteiger partial charge is 0.381 e. The number of aryl methyl sites for hydroxylation is 2. The molecule has 4 aliphatic rings. The molecule has 3 aromatic heterocycles. The third kappa shape index (κ3) is 5.40. The Labute approximate surface area is 305 Å². The summed E-state index contributed by atoms with van der Waals surface area (Å²) in [6.45, 7) is 3.99. The van der Waals surface area contributed by atoms with Crippen LogP contribution in [0.3, 0.4) is 0 Å². The van der Waals surface area contributed by atoms with E-state index >= 15 is 0 Å². The molecular formula is C42H38N6O3S. The van der Waals surface area contributed by atoms with Gasteiger partial charge in [0.1, 0.15) is 11.6 Å². The quantitative estimate of drug-likeness (QED) is 0.189. The summed E-state index contributed by atoms with van der Waals surface area (Å²) in [5.74, 6) is 1.42. The number of carbonyl (C=O) groups is 2. The number of hydrogen-bond donors (Lipinski definition) is 2. The van der Waals surface area contributed by atoms with Gasteiger partial charge in [-0.25, -0.2) is 9.97 Å². The highest BCUT2D eigenvalue weighted by Gasteiger charge is 2.45. The highest BCUT2D eigenvalue weighted by molar-refractivity contribution is 7.16. The molecule has 2 amide bonds. The molecule has 260 valence electrons. The summed E-state index contributed by atoms with van der Waals surface area (Å²) in [6.07, 6.45) is 5.84. The van der Waals surface area contributed by atoms with Crippen molar-refractivity contribution in [1.82, 2.24) is 15.0 Å². The molecule has 1 spiro atoms. The number of ether oxygens (including phenoxy) is 1. The van der Waals surface area contributed by atoms with Crippen LogP contribution < -0.4 is 15.1 Å². The van der Waals surface area contributed by atoms with Gasteiger partial charge in [-0.15, -0.1) is 11.3 Å². The number of carbonyl (C=O) groups excluding carboxylic acids is 2. The lowest BCUT2D eigenvalue weighted by atomic mass is 9.73. The zero-order valence-corrected chi connectivity index (χ0v) is 29.6. The first kappa shape index (κ1) is 31.4. The van der Waals surface area contributed by atoms with Gasteiger partial charge in [-0.1, -0.05) is 30.3 Å². The molecule has 2 fully saturated rings. The summed E-state index contributed by atoms with van der Waals surface area (Å²) >= 11 is 1.73. The van der Waals surface area contributed by atoms with Crippen molar-refractivity contribution in [3.63, 3.8) is 0 Å². The molecule has 6 aromatic rings. The fourth-order valence-electron chi connectivity index (χ4n) is 8.46. The van der Waals surface area contributed by atoms with Gasteiger partial charge in [-0.2, -0.15) is 0 Å². The first-order valence-electron chi connectivity index (χ1n) is 18.3.